The molecule has 0 spiro atoms. The SMILES string of the molecule is CC(=O)N1CCN(C(=O)C2CC3CCCCC3N2)CC1.Cl. The first kappa shape index (κ1) is 16.6. The Kier molecular flexibility index (Phi) is 5.49. The Labute approximate surface area is 132 Å². The fourth-order valence-corrected chi connectivity index (χ4v) is 3.97. The highest BCUT2D eigenvalue weighted by molar-refractivity contribution is 5.85. The molecular formula is C15H26ClN3O2. The lowest BCUT2D eigenvalue weighted by atomic mass is 9.85. The van der Waals surface area contributed by atoms with Gasteiger partial charge < -0.3 is 15.1 Å². The first-order valence-corrected chi connectivity index (χ1v) is 7.95. The van der Waals surface area contributed by atoms with E-state index in [1.54, 1.807) is 6.92 Å². The summed E-state index contributed by atoms with van der Waals surface area (Å²) in [5.74, 6) is 1.07. The van der Waals surface area contributed by atoms with Crippen molar-refractivity contribution in [1.29, 1.82) is 0 Å². The number of hydrogen-bond acceptors (Lipinski definition) is 3. The molecule has 2 aliphatic heterocycles. The van der Waals surface area contributed by atoms with E-state index in [0.717, 1.165) is 6.42 Å². The van der Waals surface area contributed by atoms with E-state index in [1.807, 2.05) is 9.80 Å². The largest absolute Gasteiger partial charge is 0.339 e. The molecule has 0 aromatic rings. The maximum Gasteiger partial charge on any atom is 0.239 e. The van der Waals surface area contributed by atoms with Crippen LogP contribution in [0.4, 0.5) is 0 Å². The Balaban J connectivity index is 0.00000161. The van der Waals surface area contributed by atoms with Crippen LogP contribution in [-0.4, -0.2) is 59.9 Å². The highest BCUT2D eigenvalue weighted by atomic mass is 35.5. The van der Waals surface area contributed by atoms with Gasteiger partial charge in [-0.05, 0) is 25.2 Å². The minimum absolute atomic E-state index is 0. The Morgan fingerprint density at radius 1 is 1.00 bits per heavy atom. The fourth-order valence-electron chi connectivity index (χ4n) is 3.97. The molecule has 0 bridgehead atoms. The Morgan fingerprint density at radius 3 is 2.24 bits per heavy atom. The van der Waals surface area contributed by atoms with Gasteiger partial charge in [0.15, 0.2) is 0 Å². The lowest BCUT2D eigenvalue weighted by molar-refractivity contribution is -0.139. The van der Waals surface area contributed by atoms with Gasteiger partial charge in [0.05, 0.1) is 6.04 Å². The van der Waals surface area contributed by atoms with Crippen LogP contribution in [0.25, 0.3) is 0 Å². The molecule has 1 N–H and O–H groups in total. The lowest BCUT2D eigenvalue weighted by Gasteiger charge is -2.35. The Bertz CT molecular complexity index is 382. The lowest BCUT2D eigenvalue weighted by Crippen LogP contribution is -2.54. The van der Waals surface area contributed by atoms with E-state index in [4.69, 9.17) is 0 Å². The molecule has 2 heterocycles. The van der Waals surface area contributed by atoms with Crippen LogP contribution in [0.15, 0.2) is 0 Å². The molecule has 3 fully saturated rings. The number of fused-ring (bicyclic) bond motifs is 1. The average Bonchev–Trinajstić information content (AvgIpc) is 2.90. The third kappa shape index (κ3) is 3.51. The molecule has 0 radical (unpaired) electrons. The van der Waals surface area contributed by atoms with Crippen LogP contribution in [0, 0.1) is 5.92 Å². The molecule has 3 unspecified atom stereocenters. The van der Waals surface area contributed by atoms with E-state index in [0.29, 0.717) is 38.1 Å². The molecule has 21 heavy (non-hydrogen) atoms. The summed E-state index contributed by atoms with van der Waals surface area (Å²) in [5.41, 5.74) is 0. The summed E-state index contributed by atoms with van der Waals surface area (Å²) in [6.45, 7) is 4.33. The van der Waals surface area contributed by atoms with Crippen molar-refractivity contribution in [1.82, 2.24) is 15.1 Å². The summed E-state index contributed by atoms with van der Waals surface area (Å²) in [7, 11) is 0. The van der Waals surface area contributed by atoms with Gasteiger partial charge in [-0.25, -0.2) is 0 Å². The van der Waals surface area contributed by atoms with E-state index in [1.165, 1.54) is 25.7 Å². The molecule has 1 aliphatic carbocycles. The number of rotatable bonds is 1. The smallest absolute Gasteiger partial charge is 0.239 e. The van der Waals surface area contributed by atoms with Gasteiger partial charge in [0.2, 0.25) is 11.8 Å². The van der Waals surface area contributed by atoms with Crippen LogP contribution in [0.2, 0.25) is 0 Å². The third-order valence-corrected chi connectivity index (χ3v) is 5.20. The summed E-state index contributed by atoms with van der Waals surface area (Å²) in [5, 5.41) is 3.55. The summed E-state index contributed by atoms with van der Waals surface area (Å²) in [6.07, 6.45) is 6.13. The van der Waals surface area contributed by atoms with E-state index in [9.17, 15) is 9.59 Å². The van der Waals surface area contributed by atoms with Gasteiger partial charge in [0.1, 0.15) is 0 Å². The van der Waals surface area contributed by atoms with Gasteiger partial charge in [-0.3, -0.25) is 9.59 Å². The molecule has 3 atom stereocenters. The number of piperazine rings is 1. The van der Waals surface area contributed by atoms with Crippen LogP contribution in [-0.2, 0) is 9.59 Å². The topological polar surface area (TPSA) is 52.7 Å². The standard InChI is InChI=1S/C15H25N3O2.ClH/c1-11(19)17-6-8-18(9-7-17)15(20)14-10-12-4-2-3-5-13(12)16-14;/h12-14,16H,2-10H2,1H3;1H. The molecular weight excluding hydrogens is 290 g/mol. The molecule has 2 amide bonds. The summed E-state index contributed by atoms with van der Waals surface area (Å²) < 4.78 is 0. The molecule has 6 heteroatoms. The van der Waals surface area contributed by atoms with E-state index in [-0.39, 0.29) is 30.3 Å². The van der Waals surface area contributed by atoms with Crippen LogP contribution in [0.1, 0.15) is 39.0 Å². The average molecular weight is 316 g/mol. The zero-order valence-electron chi connectivity index (χ0n) is 12.7. The Morgan fingerprint density at radius 2 is 1.62 bits per heavy atom. The van der Waals surface area contributed by atoms with Crippen LogP contribution < -0.4 is 5.32 Å². The minimum atomic E-state index is 0. The number of hydrogen-bond donors (Lipinski definition) is 1. The monoisotopic (exact) mass is 315 g/mol. The summed E-state index contributed by atoms with van der Waals surface area (Å²) in [6, 6.07) is 0.586. The van der Waals surface area contributed by atoms with Gasteiger partial charge in [-0.15, -0.1) is 12.4 Å². The second-order valence-corrected chi connectivity index (χ2v) is 6.44. The maximum absolute atomic E-state index is 12.6. The summed E-state index contributed by atoms with van der Waals surface area (Å²) >= 11 is 0. The first-order chi connectivity index (χ1) is 9.65. The normalized spacial score (nSPS) is 32.3. The zero-order valence-corrected chi connectivity index (χ0v) is 13.5. The van der Waals surface area contributed by atoms with E-state index >= 15 is 0 Å². The van der Waals surface area contributed by atoms with E-state index in [2.05, 4.69) is 5.32 Å². The molecule has 5 nitrogen and oxygen atoms in total. The highest BCUT2D eigenvalue weighted by Gasteiger charge is 2.40. The number of amides is 2. The first-order valence-electron chi connectivity index (χ1n) is 7.95. The van der Waals surface area contributed by atoms with Crippen molar-refractivity contribution < 1.29 is 9.59 Å². The number of halogens is 1. The van der Waals surface area contributed by atoms with Gasteiger partial charge >= 0.3 is 0 Å². The van der Waals surface area contributed by atoms with Crippen molar-refractivity contribution >= 4 is 24.2 Å². The van der Waals surface area contributed by atoms with Crippen LogP contribution in [0.3, 0.4) is 0 Å². The fraction of sp³-hybridized carbons (Fsp3) is 0.867. The van der Waals surface area contributed by atoms with Gasteiger partial charge in [-0.1, -0.05) is 12.8 Å². The second-order valence-electron chi connectivity index (χ2n) is 6.44. The molecule has 3 rings (SSSR count). The van der Waals surface area contributed by atoms with Gasteiger partial charge in [-0.2, -0.15) is 0 Å². The molecule has 3 aliphatic rings. The molecule has 0 aromatic carbocycles. The van der Waals surface area contributed by atoms with Crippen LogP contribution in [0.5, 0.6) is 0 Å². The van der Waals surface area contributed by atoms with E-state index < -0.39 is 0 Å². The third-order valence-electron chi connectivity index (χ3n) is 5.20. The molecule has 0 aromatic heterocycles. The quantitative estimate of drug-likeness (QED) is 0.786. The van der Waals surface area contributed by atoms with Gasteiger partial charge in [0.25, 0.3) is 0 Å². The maximum atomic E-state index is 12.6. The van der Waals surface area contributed by atoms with Crippen molar-refractivity contribution in [3.8, 4) is 0 Å². The second kappa shape index (κ2) is 6.97. The van der Waals surface area contributed by atoms with Crippen molar-refractivity contribution in [2.45, 2.75) is 51.1 Å². The number of nitrogens with one attached hydrogen (secondary N) is 1. The number of carbonyl (C=O) groups is 2. The molecule has 1 saturated carbocycles. The molecule has 2 saturated heterocycles. The number of carbonyl (C=O) groups excluding carboxylic acids is 2. The summed E-state index contributed by atoms with van der Waals surface area (Å²) in [4.78, 5) is 27.7. The predicted octanol–water partition coefficient (Wildman–Crippen LogP) is 1.02. The van der Waals surface area contributed by atoms with Crippen molar-refractivity contribution in [3.05, 3.63) is 0 Å². The minimum Gasteiger partial charge on any atom is -0.339 e. The van der Waals surface area contributed by atoms with Crippen molar-refractivity contribution in [3.63, 3.8) is 0 Å². The predicted molar refractivity (Wildman–Crippen MR) is 83.4 cm³/mol. The van der Waals surface area contributed by atoms with Crippen molar-refractivity contribution in [2.24, 2.45) is 5.92 Å². The van der Waals surface area contributed by atoms with Crippen molar-refractivity contribution in [2.75, 3.05) is 26.2 Å². The Hall–Kier alpha value is -0.810. The highest BCUT2D eigenvalue weighted by Crippen LogP contribution is 2.33. The zero-order chi connectivity index (χ0) is 14.1. The van der Waals surface area contributed by atoms with Crippen LogP contribution >= 0.6 is 12.4 Å². The molecule has 120 valence electrons. The number of nitrogens with zero attached hydrogens (tertiary/aromatic N) is 2. The van der Waals surface area contributed by atoms with Gasteiger partial charge in [0, 0.05) is 39.1 Å².